The largest absolute Gasteiger partial charge is 0.218 e. The van der Waals surface area contributed by atoms with Gasteiger partial charge in [0.2, 0.25) is 0 Å². The number of hydrogen-bond acceptors (Lipinski definition) is 6. The van der Waals surface area contributed by atoms with Crippen LogP contribution in [0.4, 0.5) is 0 Å². The Labute approximate surface area is 551 Å². The smallest absolute Gasteiger partial charge is 0.196 e. The number of azide groups is 3. The molecule has 1 heterocycles. The molecule has 9 aromatic rings. The van der Waals surface area contributed by atoms with Crippen molar-refractivity contribution in [2.45, 2.75) is 157 Å². The lowest BCUT2D eigenvalue weighted by Crippen LogP contribution is -2.18. The van der Waals surface area contributed by atoms with E-state index >= 15 is 0 Å². The highest BCUT2D eigenvalue weighted by Crippen LogP contribution is 2.81. The first-order valence-electron chi connectivity index (χ1n) is 31.8. The molecular formula is C78H87N12P3. The van der Waals surface area contributed by atoms with E-state index in [1.165, 1.54) is 0 Å². The number of hydrogen-bond donors (Lipinski definition) is 0. The predicted molar refractivity (Wildman–Crippen MR) is 399 cm³/mol. The zero-order valence-electron chi connectivity index (χ0n) is 57.3. The molecule has 10 rings (SSSR count). The first-order valence-corrected chi connectivity index (χ1v) is 36.8. The minimum atomic E-state index is -4.50. The highest BCUT2D eigenvalue weighted by atomic mass is 31.3. The molecule has 0 aromatic heterocycles. The van der Waals surface area contributed by atoms with Gasteiger partial charge in [0, 0.05) is 30.6 Å². The van der Waals surface area contributed by atoms with E-state index in [1.54, 1.807) is 0 Å². The minimum Gasteiger partial charge on any atom is -0.218 e. The van der Waals surface area contributed by atoms with Crippen LogP contribution in [0.15, 0.2) is 228 Å². The van der Waals surface area contributed by atoms with Crippen LogP contribution in [0.2, 0.25) is 0 Å². The van der Waals surface area contributed by atoms with Gasteiger partial charge in [-0.05, 0) is 164 Å². The third-order valence-corrected chi connectivity index (χ3v) is 27.8. The van der Waals surface area contributed by atoms with Gasteiger partial charge in [-0.25, -0.2) is 13.5 Å². The van der Waals surface area contributed by atoms with E-state index < -0.39 is 22.1 Å². The van der Waals surface area contributed by atoms with E-state index in [-0.39, 0.29) is 32.5 Å². The van der Waals surface area contributed by atoms with Gasteiger partial charge in [0.25, 0.3) is 0 Å². The molecule has 0 amide bonds. The predicted octanol–water partition coefficient (Wildman–Crippen LogP) is 25.8. The molecule has 0 fully saturated rings. The molecule has 0 aliphatic carbocycles. The Morgan fingerprint density at radius 2 is 0.376 bits per heavy atom. The highest BCUT2D eigenvalue weighted by Gasteiger charge is 2.45. The Hall–Kier alpha value is -8.40. The molecule has 0 unspecified atom stereocenters. The van der Waals surface area contributed by atoms with Crippen molar-refractivity contribution in [3.8, 4) is 66.8 Å². The molecule has 0 radical (unpaired) electrons. The summed E-state index contributed by atoms with van der Waals surface area (Å²) in [6.45, 7) is 39.4. The lowest BCUT2D eigenvalue weighted by atomic mass is 9.85. The zero-order chi connectivity index (χ0) is 67.3. The summed E-state index contributed by atoms with van der Waals surface area (Å²) in [4.78, 5) is 27.0. The van der Waals surface area contributed by atoms with Crippen LogP contribution < -0.4 is 15.9 Å². The van der Waals surface area contributed by atoms with Gasteiger partial charge in [0.1, 0.15) is 0 Å². The fourth-order valence-electron chi connectivity index (χ4n) is 12.1. The van der Waals surface area contributed by atoms with Crippen LogP contribution in [0.25, 0.3) is 98.1 Å². The van der Waals surface area contributed by atoms with Crippen LogP contribution in [0.1, 0.15) is 158 Å². The summed E-state index contributed by atoms with van der Waals surface area (Å²) < 4.78 is 18.3. The highest BCUT2D eigenvalue weighted by molar-refractivity contribution is 7.93. The zero-order valence-corrected chi connectivity index (χ0v) is 59.9. The summed E-state index contributed by atoms with van der Waals surface area (Å²) in [5.74, 6) is 0. The average molecular weight is 1290 g/mol. The third-order valence-electron chi connectivity index (χ3n) is 17.6. The van der Waals surface area contributed by atoms with Crippen molar-refractivity contribution in [1.29, 1.82) is 0 Å². The monoisotopic (exact) mass is 1280 g/mol. The molecule has 1 aliphatic rings. The van der Waals surface area contributed by atoms with Gasteiger partial charge in [-0.2, -0.15) is 0 Å². The lowest BCUT2D eigenvalue weighted by molar-refractivity contribution is 0.590. The van der Waals surface area contributed by atoms with E-state index in [0.29, 0.717) is 49.3 Å². The van der Waals surface area contributed by atoms with Crippen LogP contribution >= 0.6 is 22.1 Å². The Morgan fingerprint density at radius 1 is 0.237 bits per heavy atom. The van der Waals surface area contributed by atoms with Gasteiger partial charge in [-0.15, -0.1) is 0 Å². The molecule has 0 spiro atoms. The molecule has 0 saturated carbocycles. The molecule has 9 aromatic carbocycles. The Morgan fingerprint density at radius 3 is 0.495 bits per heavy atom. The quantitative estimate of drug-likeness (QED) is 0.0489. The summed E-state index contributed by atoms with van der Waals surface area (Å²) in [5.41, 5.74) is 50.1. The van der Waals surface area contributed by atoms with Crippen LogP contribution in [-0.4, -0.2) is 0 Å². The van der Waals surface area contributed by atoms with Crippen LogP contribution in [-0.2, 0) is 32.5 Å². The normalized spacial score (nSPS) is 17.7. The van der Waals surface area contributed by atoms with E-state index in [9.17, 15) is 16.6 Å². The van der Waals surface area contributed by atoms with Gasteiger partial charge in [0.15, 0.2) is 22.1 Å². The van der Waals surface area contributed by atoms with Gasteiger partial charge >= 0.3 is 0 Å². The topological polar surface area (TPSA) is 183 Å². The lowest BCUT2D eigenvalue weighted by Gasteiger charge is -2.36. The molecule has 15 heteroatoms. The molecule has 12 nitrogen and oxygen atoms in total. The van der Waals surface area contributed by atoms with Crippen molar-refractivity contribution in [3.63, 3.8) is 0 Å². The van der Waals surface area contributed by atoms with Crippen molar-refractivity contribution < 1.29 is 0 Å². The van der Waals surface area contributed by atoms with Crippen LogP contribution in [0.5, 0.6) is 0 Å². The maximum Gasteiger partial charge on any atom is 0.196 e. The maximum atomic E-state index is 11.8. The van der Waals surface area contributed by atoms with E-state index in [4.69, 9.17) is 28.2 Å². The summed E-state index contributed by atoms with van der Waals surface area (Å²) in [6.07, 6.45) is 0. The van der Waals surface area contributed by atoms with E-state index in [1.807, 2.05) is 54.6 Å². The summed E-state index contributed by atoms with van der Waals surface area (Å²) in [6, 6.07) is 69.1. The second kappa shape index (κ2) is 25.1. The summed E-state index contributed by atoms with van der Waals surface area (Å²) in [7, 11) is -13.5. The minimum absolute atomic E-state index is 0.178. The summed E-state index contributed by atoms with van der Waals surface area (Å²) >= 11 is 0. The maximum absolute atomic E-state index is 11.8. The van der Waals surface area contributed by atoms with Crippen molar-refractivity contribution >= 4 is 38.0 Å². The van der Waals surface area contributed by atoms with Crippen molar-refractivity contribution in [3.05, 3.63) is 265 Å². The van der Waals surface area contributed by atoms with Crippen molar-refractivity contribution in [1.82, 2.24) is 0 Å². The first kappa shape index (κ1) is 67.5. The van der Waals surface area contributed by atoms with Gasteiger partial charge in [-0.1, -0.05) is 325 Å². The van der Waals surface area contributed by atoms with Crippen molar-refractivity contribution in [2.75, 3.05) is 0 Å². The molecule has 93 heavy (non-hydrogen) atoms. The molecule has 0 N–H and O–H groups in total. The molecule has 0 bridgehead atoms. The van der Waals surface area contributed by atoms with E-state index in [0.717, 1.165) is 66.8 Å². The molecule has 474 valence electrons. The number of benzene rings is 9. The molecule has 1 aliphatic heterocycles. The second-order valence-electron chi connectivity index (χ2n) is 30.6. The van der Waals surface area contributed by atoms with Crippen LogP contribution in [0.3, 0.4) is 0 Å². The SMILES string of the molecule is CC(C)(C)c1ccc(-c2cccc(-c3ccc(C(C)(C)C)cc3)c2P2(N=[N+]=[N-])=NP(N=[N+]=[N-])(c3c(-c4ccc(C(C)(C)C)cc4)cccc3-c3ccc(C(C)(C)C)cc3)=NP(N=[N+]=[N-])(c3c(-c4ccc(C(C)(C)C)cc4)cccc3-c3ccc(C(C)(C)C)cc3)=N2)cc1. The fourth-order valence-corrected chi connectivity index (χ4v) is 24.5. The van der Waals surface area contributed by atoms with Gasteiger partial charge < -0.3 is 0 Å². The Bertz CT molecular complexity index is 3940. The first-order chi connectivity index (χ1) is 43.6. The fraction of sp³-hybridized carbons (Fsp3) is 0.308. The molecule has 0 saturated heterocycles. The van der Waals surface area contributed by atoms with Gasteiger partial charge in [-0.3, -0.25) is 0 Å². The summed E-state index contributed by atoms with van der Waals surface area (Å²) in [5, 5.41) is 1.52. The van der Waals surface area contributed by atoms with Crippen molar-refractivity contribution in [2.24, 2.45) is 28.2 Å². The van der Waals surface area contributed by atoms with Crippen LogP contribution in [0, 0.1) is 0 Å². The van der Waals surface area contributed by atoms with Gasteiger partial charge in [0.05, 0.1) is 0 Å². The standard InChI is InChI=1S/C78H87N12P3/c1-73(2,3)58-40-28-52(29-41-58)64-22-19-23-65(53-30-42-59(43-31-53)74(4,5)6)70(64)91(85-82-79)88-92(86-83-80,71-66(54-32-44-60(45-33-54)75(7,8)9)24-20-25-67(71)55-34-46-61(47-35-55)76(10,11)12)90-93(89-91,87-84-81)72-68(56-36-48-62(49-37-56)77(13,14)15)26-21-27-69(72)57-38-50-63(51-39-57)78(16,17)18/h19-51H,1-18H3. The third kappa shape index (κ3) is 13.7. The Balaban J connectivity index is 1.52. The number of rotatable bonds is 12. The number of nitrogens with zero attached hydrogens (tertiary/aromatic N) is 12. The molecular weight excluding hydrogens is 1200 g/mol. The second-order valence-corrected chi connectivity index (χ2v) is 38.0. The van der Waals surface area contributed by atoms with E-state index in [2.05, 4.69) is 285 Å². The Kier molecular flexibility index (Phi) is 18.3. The average Bonchev–Trinajstić information content (AvgIpc) is 0.694. The molecule has 0 atom stereocenters.